The minimum atomic E-state index is -0.0546. The third-order valence-electron chi connectivity index (χ3n) is 4.91. The maximum atomic E-state index is 12.5. The SMILES string of the molecule is COc1ccc(C(NC(=O)CCc2ncc(-c3ccc(C)cc3)o2)C(C)C)cc1. The highest BCUT2D eigenvalue weighted by Gasteiger charge is 2.19. The van der Waals surface area contributed by atoms with Crippen LogP contribution < -0.4 is 10.1 Å². The van der Waals surface area contributed by atoms with E-state index in [1.165, 1.54) is 5.56 Å². The first-order valence-corrected chi connectivity index (χ1v) is 9.91. The zero-order valence-electron chi connectivity index (χ0n) is 17.4. The van der Waals surface area contributed by atoms with Gasteiger partial charge in [0, 0.05) is 18.4 Å². The van der Waals surface area contributed by atoms with E-state index in [1.807, 2.05) is 55.5 Å². The van der Waals surface area contributed by atoms with Gasteiger partial charge < -0.3 is 14.5 Å². The number of rotatable bonds is 8. The Bertz CT molecular complexity index is 928. The number of ether oxygens (including phenoxy) is 1. The number of carbonyl (C=O) groups is 1. The molecule has 0 spiro atoms. The van der Waals surface area contributed by atoms with Crippen LogP contribution in [-0.2, 0) is 11.2 Å². The molecule has 5 heteroatoms. The predicted molar refractivity (Wildman–Crippen MR) is 114 cm³/mol. The van der Waals surface area contributed by atoms with Crippen molar-refractivity contribution in [1.82, 2.24) is 10.3 Å². The molecule has 0 fully saturated rings. The van der Waals surface area contributed by atoms with Gasteiger partial charge in [-0.05, 0) is 30.5 Å². The van der Waals surface area contributed by atoms with Crippen molar-refractivity contribution in [2.24, 2.45) is 5.92 Å². The molecular formula is C24H28N2O3. The number of methoxy groups -OCH3 is 1. The minimum absolute atomic E-state index is 0.0189. The lowest BCUT2D eigenvalue weighted by Crippen LogP contribution is -2.31. The van der Waals surface area contributed by atoms with E-state index < -0.39 is 0 Å². The molecule has 0 radical (unpaired) electrons. The maximum Gasteiger partial charge on any atom is 0.221 e. The quantitative estimate of drug-likeness (QED) is 0.579. The predicted octanol–water partition coefficient (Wildman–Crippen LogP) is 5.10. The van der Waals surface area contributed by atoms with Crippen molar-refractivity contribution >= 4 is 5.91 Å². The molecule has 0 saturated carbocycles. The van der Waals surface area contributed by atoms with Crippen molar-refractivity contribution in [3.05, 3.63) is 71.7 Å². The Morgan fingerprint density at radius 3 is 2.41 bits per heavy atom. The van der Waals surface area contributed by atoms with Crippen molar-refractivity contribution in [3.63, 3.8) is 0 Å². The first-order chi connectivity index (χ1) is 14.0. The van der Waals surface area contributed by atoms with Crippen molar-refractivity contribution in [2.45, 2.75) is 39.7 Å². The highest BCUT2D eigenvalue weighted by atomic mass is 16.5. The van der Waals surface area contributed by atoms with Crippen molar-refractivity contribution in [2.75, 3.05) is 7.11 Å². The molecule has 0 saturated heterocycles. The summed E-state index contributed by atoms with van der Waals surface area (Å²) in [4.78, 5) is 16.9. The molecule has 1 N–H and O–H groups in total. The van der Waals surface area contributed by atoms with Gasteiger partial charge in [-0.15, -0.1) is 0 Å². The molecule has 1 unspecified atom stereocenters. The molecule has 0 aliphatic rings. The lowest BCUT2D eigenvalue weighted by Gasteiger charge is -2.23. The summed E-state index contributed by atoms with van der Waals surface area (Å²) in [5, 5.41) is 3.14. The van der Waals surface area contributed by atoms with Gasteiger partial charge in [0.05, 0.1) is 19.3 Å². The topological polar surface area (TPSA) is 64.4 Å². The standard InChI is InChI=1S/C24H28N2O3/c1-16(2)24(19-9-11-20(28-4)12-10-19)26-22(27)13-14-23-25-15-21(29-23)18-7-5-17(3)6-8-18/h5-12,15-16,24H,13-14H2,1-4H3,(H,26,27). The maximum absolute atomic E-state index is 12.5. The summed E-state index contributed by atoms with van der Waals surface area (Å²) in [5.74, 6) is 2.34. The molecule has 2 aromatic carbocycles. The Hall–Kier alpha value is -3.08. The summed E-state index contributed by atoms with van der Waals surface area (Å²) in [6.45, 7) is 6.23. The van der Waals surface area contributed by atoms with Crippen LogP contribution in [0.2, 0.25) is 0 Å². The van der Waals surface area contributed by atoms with Crippen LogP contribution >= 0.6 is 0 Å². The molecule has 3 aromatic rings. The largest absolute Gasteiger partial charge is 0.497 e. The summed E-state index contributed by atoms with van der Waals surface area (Å²) in [5.41, 5.74) is 3.24. The fourth-order valence-electron chi connectivity index (χ4n) is 3.19. The summed E-state index contributed by atoms with van der Waals surface area (Å²) >= 11 is 0. The number of nitrogens with zero attached hydrogens (tertiary/aromatic N) is 1. The molecular weight excluding hydrogens is 364 g/mol. The number of nitrogens with one attached hydrogen (secondary N) is 1. The lowest BCUT2D eigenvalue weighted by atomic mass is 9.95. The van der Waals surface area contributed by atoms with E-state index in [9.17, 15) is 4.79 Å². The van der Waals surface area contributed by atoms with Crippen molar-refractivity contribution in [1.29, 1.82) is 0 Å². The van der Waals surface area contributed by atoms with Crippen LogP contribution in [0, 0.1) is 12.8 Å². The second-order valence-electron chi connectivity index (χ2n) is 7.55. The van der Waals surface area contributed by atoms with Gasteiger partial charge in [-0.3, -0.25) is 4.79 Å². The van der Waals surface area contributed by atoms with Crippen LogP contribution in [0.4, 0.5) is 0 Å². The molecule has 1 aromatic heterocycles. The average molecular weight is 392 g/mol. The van der Waals surface area contributed by atoms with Gasteiger partial charge in [0.1, 0.15) is 5.75 Å². The lowest BCUT2D eigenvalue weighted by molar-refractivity contribution is -0.122. The van der Waals surface area contributed by atoms with Gasteiger partial charge in [-0.25, -0.2) is 4.98 Å². The van der Waals surface area contributed by atoms with Crippen molar-refractivity contribution < 1.29 is 13.9 Å². The average Bonchev–Trinajstić information content (AvgIpc) is 3.20. The van der Waals surface area contributed by atoms with E-state index in [0.29, 0.717) is 18.7 Å². The van der Waals surface area contributed by atoms with Crippen LogP contribution in [0.15, 0.2) is 59.1 Å². The van der Waals surface area contributed by atoms with E-state index >= 15 is 0 Å². The van der Waals surface area contributed by atoms with Crippen LogP contribution in [0.5, 0.6) is 5.75 Å². The second kappa shape index (κ2) is 9.41. The third kappa shape index (κ3) is 5.47. The van der Waals surface area contributed by atoms with Gasteiger partial charge in [-0.1, -0.05) is 55.8 Å². The van der Waals surface area contributed by atoms with E-state index in [4.69, 9.17) is 9.15 Å². The van der Waals surface area contributed by atoms with E-state index in [1.54, 1.807) is 13.3 Å². The molecule has 3 rings (SSSR count). The summed E-state index contributed by atoms with van der Waals surface area (Å²) < 4.78 is 11.0. The van der Waals surface area contributed by atoms with Gasteiger partial charge in [0.25, 0.3) is 0 Å². The number of amides is 1. The zero-order valence-corrected chi connectivity index (χ0v) is 17.4. The monoisotopic (exact) mass is 392 g/mol. The van der Waals surface area contributed by atoms with Gasteiger partial charge in [0.2, 0.25) is 5.91 Å². The first-order valence-electron chi connectivity index (χ1n) is 9.91. The number of oxazole rings is 1. The highest BCUT2D eigenvalue weighted by Crippen LogP contribution is 2.25. The molecule has 1 heterocycles. The molecule has 1 atom stereocenters. The van der Waals surface area contributed by atoms with Crippen LogP contribution in [0.1, 0.15) is 43.3 Å². The fraction of sp³-hybridized carbons (Fsp3) is 0.333. The Labute approximate surface area is 172 Å². The Morgan fingerprint density at radius 2 is 1.79 bits per heavy atom. The molecule has 5 nitrogen and oxygen atoms in total. The number of benzene rings is 2. The highest BCUT2D eigenvalue weighted by molar-refractivity contribution is 5.76. The van der Waals surface area contributed by atoms with Gasteiger partial charge >= 0.3 is 0 Å². The number of hydrogen-bond donors (Lipinski definition) is 1. The summed E-state index contributed by atoms with van der Waals surface area (Å²) in [7, 11) is 1.64. The number of aromatic nitrogens is 1. The van der Waals surface area contributed by atoms with E-state index in [-0.39, 0.29) is 17.9 Å². The molecule has 0 aliphatic carbocycles. The van der Waals surface area contributed by atoms with Crippen molar-refractivity contribution in [3.8, 4) is 17.1 Å². The molecule has 29 heavy (non-hydrogen) atoms. The molecule has 152 valence electrons. The van der Waals surface area contributed by atoms with E-state index in [2.05, 4.69) is 24.1 Å². The zero-order chi connectivity index (χ0) is 20.8. The number of hydrogen-bond acceptors (Lipinski definition) is 4. The number of aryl methyl sites for hydroxylation is 2. The van der Waals surface area contributed by atoms with Crippen LogP contribution in [0.3, 0.4) is 0 Å². The molecule has 0 aliphatic heterocycles. The Morgan fingerprint density at radius 1 is 1.10 bits per heavy atom. The van der Waals surface area contributed by atoms with Gasteiger partial charge in [-0.2, -0.15) is 0 Å². The van der Waals surface area contributed by atoms with Crippen LogP contribution in [-0.4, -0.2) is 18.0 Å². The smallest absolute Gasteiger partial charge is 0.221 e. The summed E-state index contributed by atoms with van der Waals surface area (Å²) in [6.07, 6.45) is 2.50. The molecule has 0 bridgehead atoms. The Balaban J connectivity index is 1.58. The third-order valence-corrected chi connectivity index (χ3v) is 4.91. The van der Waals surface area contributed by atoms with Crippen LogP contribution in [0.25, 0.3) is 11.3 Å². The minimum Gasteiger partial charge on any atom is -0.497 e. The Kier molecular flexibility index (Phi) is 6.70. The summed E-state index contributed by atoms with van der Waals surface area (Å²) in [6, 6.07) is 15.8. The normalized spacial score (nSPS) is 12.0. The molecule has 1 amide bonds. The first kappa shape index (κ1) is 20.6. The van der Waals surface area contributed by atoms with Gasteiger partial charge in [0.15, 0.2) is 11.7 Å². The van der Waals surface area contributed by atoms with E-state index in [0.717, 1.165) is 22.6 Å². The number of carbonyl (C=O) groups excluding carboxylic acids is 1. The fourth-order valence-corrected chi connectivity index (χ4v) is 3.19. The second-order valence-corrected chi connectivity index (χ2v) is 7.55.